The van der Waals surface area contributed by atoms with E-state index in [1.807, 2.05) is 41.1 Å². The number of benzene rings is 3. The molecule has 0 unspecified atom stereocenters. The van der Waals surface area contributed by atoms with Crippen molar-refractivity contribution in [3.63, 3.8) is 0 Å². The first-order valence-electron chi connectivity index (χ1n) is 11.8. The van der Waals surface area contributed by atoms with Crippen molar-refractivity contribution in [2.24, 2.45) is 0 Å². The summed E-state index contributed by atoms with van der Waals surface area (Å²) in [5, 5.41) is 0. The van der Waals surface area contributed by atoms with Crippen LogP contribution in [0.3, 0.4) is 0 Å². The normalized spacial score (nSPS) is 11.0. The van der Waals surface area contributed by atoms with Gasteiger partial charge < -0.3 is 9.30 Å². The van der Waals surface area contributed by atoms with Gasteiger partial charge >= 0.3 is 0 Å². The maximum atomic E-state index is 12.6. The van der Waals surface area contributed by atoms with Crippen molar-refractivity contribution in [2.75, 3.05) is 6.61 Å². The number of aryl methyl sites for hydroxylation is 2. The zero-order valence-electron chi connectivity index (χ0n) is 19.2. The summed E-state index contributed by atoms with van der Waals surface area (Å²) in [6.45, 7) is 3.52. The standard InChI is InChI=1S/C30H31NO2/c1-2-21-33-28-17-9-11-24(22-28)12-10-20-31-23-27(18-19-29(31)32)30(25-13-5-3-6-14-25)26-15-7-4-8-16-26/h3-9,11,13-19,22-23,30H,2,10,12,20-21H2,1H3. The maximum Gasteiger partial charge on any atom is 0.250 e. The summed E-state index contributed by atoms with van der Waals surface area (Å²) >= 11 is 0. The first kappa shape index (κ1) is 22.6. The van der Waals surface area contributed by atoms with E-state index in [4.69, 9.17) is 4.74 Å². The molecule has 1 heterocycles. The zero-order chi connectivity index (χ0) is 22.9. The van der Waals surface area contributed by atoms with Crippen LogP contribution < -0.4 is 10.3 Å². The highest BCUT2D eigenvalue weighted by molar-refractivity contribution is 5.42. The number of ether oxygens (including phenoxy) is 1. The van der Waals surface area contributed by atoms with Crippen LogP contribution in [0.5, 0.6) is 5.75 Å². The summed E-state index contributed by atoms with van der Waals surface area (Å²) < 4.78 is 7.60. The largest absolute Gasteiger partial charge is 0.494 e. The van der Waals surface area contributed by atoms with Crippen LogP contribution in [-0.2, 0) is 13.0 Å². The molecule has 0 aliphatic rings. The second-order valence-corrected chi connectivity index (χ2v) is 8.35. The Bertz CT molecular complexity index is 1160. The van der Waals surface area contributed by atoms with Gasteiger partial charge in [-0.1, -0.05) is 85.8 Å². The summed E-state index contributed by atoms with van der Waals surface area (Å²) in [5.41, 5.74) is 4.84. The number of rotatable bonds is 10. The lowest BCUT2D eigenvalue weighted by Crippen LogP contribution is -2.20. The lowest BCUT2D eigenvalue weighted by Gasteiger charge is -2.20. The van der Waals surface area contributed by atoms with E-state index in [9.17, 15) is 4.79 Å². The van der Waals surface area contributed by atoms with E-state index in [2.05, 4.69) is 67.6 Å². The lowest BCUT2D eigenvalue weighted by atomic mass is 9.86. The number of pyridine rings is 1. The van der Waals surface area contributed by atoms with E-state index in [1.54, 1.807) is 6.07 Å². The fourth-order valence-electron chi connectivity index (χ4n) is 4.23. The Kier molecular flexibility index (Phi) is 7.76. The third-order valence-electron chi connectivity index (χ3n) is 5.84. The molecule has 0 N–H and O–H groups in total. The average molecular weight is 438 g/mol. The highest BCUT2D eigenvalue weighted by Gasteiger charge is 2.17. The van der Waals surface area contributed by atoms with Gasteiger partial charge in [0.15, 0.2) is 0 Å². The van der Waals surface area contributed by atoms with E-state index in [-0.39, 0.29) is 11.5 Å². The van der Waals surface area contributed by atoms with Gasteiger partial charge in [0.2, 0.25) is 0 Å². The summed E-state index contributed by atoms with van der Waals surface area (Å²) in [5.74, 6) is 1.01. The molecule has 0 bridgehead atoms. The van der Waals surface area contributed by atoms with Crippen LogP contribution in [0.1, 0.15) is 47.9 Å². The van der Waals surface area contributed by atoms with Gasteiger partial charge in [0.1, 0.15) is 5.75 Å². The molecule has 0 aliphatic heterocycles. The van der Waals surface area contributed by atoms with Crippen LogP contribution in [0.4, 0.5) is 0 Å². The third kappa shape index (κ3) is 6.01. The van der Waals surface area contributed by atoms with Crippen molar-refractivity contribution in [2.45, 2.75) is 38.6 Å². The molecule has 0 amide bonds. The molecule has 33 heavy (non-hydrogen) atoms. The second-order valence-electron chi connectivity index (χ2n) is 8.35. The molecule has 1 aromatic heterocycles. The Morgan fingerprint density at radius 3 is 2.15 bits per heavy atom. The SMILES string of the molecule is CCCOc1cccc(CCCn2cc(C(c3ccccc3)c3ccccc3)ccc2=O)c1. The summed E-state index contributed by atoms with van der Waals surface area (Å²) in [6, 6.07) is 32.9. The van der Waals surface area contributed by atoms with Gasteiger partial charge in [0.25, 0.3) is 5.56 Å². The van der Waals surface area contributed by atoms with Crippen LogP contribution in [0.15, 0.2) is 108 Å². The second kappa shape index (κ2) is 11.3. The Hall–Kier alpha value is -3.59. The monoisotopic (exact) mass is 437 g/mol. The smallest absolute Gasteiger partial charge is 0.250 e. The summed E-state index contributed by atoms with van der Waals surface area (Å²) in [6.07, 6.45) is 4.83. The van der Waals surface area contributed by atoms with E-state index >= 15 is 0 Å². The molecule has 4 rings (SSSR count). The Labute approximate surface area is 196 Å². The molecule has 0 saturated heterocycles. The fourth-order valence-corrected chi connectivity index (χ4v) is 4.23. The highest BCUT2D eigenvalue weighted by Crippen LogP contribution is 2.31. The maximum absolute atomic E-state index is 12.6. The van der Waals surface area contributed by atoms with Crippen molar-refractivity contribution in [1.29, 1.82) is 0 Å². The molecule has 0 aliphatic carbocycles. The highest BCUT2D eigenvalue weighted by atomic mass is 16.5. The first-order valence-corrected chi connectivity index (χ1v) is 11.8. The summed E-state index contributed by atoms with van der Waals surface area (Å²) in [4.78, 5) is 12.6. The van der Waals surface area contributed by atoms with Gasteiger partial charge in [0.05, 0.1) is 6.61 Å². The molecule has 0 saturated carbocycles. The van der Waals surface area contributed by atoms with Crippen LogP contribution in [0.25, 0.3) is 0 Å². The van der Waals surface area contributed by atoms with Crippen molar-refractivity contribution in [3.05, 3.63) is 136 Å². The van der Waals surface area contributed by atoms with E-state index in [0.717, 1.165) is 37.2 Å². The lowest BCUT2D eigenvalue weighted by molar-refractivity contribution is 0.317. The predicted octanol–water partition coefficient (Wildman–Crippen LogP) is 6.45. The number of hydrogen-bond acceptors (Lipinski definition) is 2. The van der Waals surface area contributed by atoms with Gasteiger partial charge in [-0.2, -0.15) is 0 Å². The minimum Gasteiger partial charge on any atom is -0.494 e. The quantitative estimate of drug-likeness (QED) is 0.285. The van der Waals surface area contributed by atoms with Crippen molar-refractivity contribution in [1.82, 2.24) is 4.57 Å². The average Bonchev–Trinajstić information content (AvgIpc) is 2.86. The number of nitrogens with zero attached hydrogens (tertiary/aromatic N) is 1. The predicted molar refractivity (Wildman–Crippen MR) is 135 cm³/mol. The molecule has 4 aromatic rings. The van der Waals surface area contributed by atoms with Gasteiger partial charge in [-0.3, -0.25) is 4.79 Å². The van der Waals surface area contributed by atoms with E-state index in [0.29, 0.717) is 6.54 Å². The molecule has 0 spiro atoms. The molecule has 3 aromatic carbocycles. The first-order chi connectivity index (χ1) is 16.2. The van der Waals surface area contributed by atoms with Crippen molar-refractivity contribution < 1.29 is 4.74 Å². The Morgan fingerprint density at radius 1 is 0.788 bits per heavy atom. The van der Waals surface area contributed by atoms with Crippen LogP contribution in [0.2, 0.25) is 0 Å². The minimum absolute atomic E-state index is 0.0404. The minimum atomic E-state index is 0.0404. The van der Waals surface area contributed by atoms with Crippen molar-refractivity contribution in [3.8, 4) is 5.75 Å². The molecule has 0 atom stereocenters. The summed E-state index contributed by atoms with van der Waals surface area (Å²) in [7, 11) is 0. The van der Waals surface area contributed by atoms with Gasteiger partial charge in [-0.25, -0.2) is 0 Å². The molecule has 168 valence electrons. The Morgan fingerprint density at radius 2 is 1.48 bits per heavy atom. The topological polar surface area (TPSA) is 31.2 Å². The van der Waals surface area contributed by atoms with Crippen molar-refractivity contribution >= 4 is 0 Å². The molecule has 3 heteroatoms. The molecule has 0 fully saturated rings. The van der Waals surface area contributed by atoms with Gasteiger partial charge in [-0.15, -0.1) is 0 Å². The van der Waals surface area contributed by atoms with Gasteiger partial charge in [-0.05, 0) is 53.6 Å². The molecule has 3 nitrogen and oxygen atoms in total. The zero-order valence-corrected chi connectivity index (χ0v) is 19.2. The van der Waals surface area contributed by atoms with Gasteiger partial charge in [0, 0.05) is 24.7 Å². The fraction of sp³-hybridized carbons (Fsp3) is 0.233. The van der Waals surface area contributed by atoms with Crippen LogP contribution >= 0.6 is 0 Å². The number of hydrogen-bond donors (Lipinski definition) is 0. The molecular weight excluding hydrogens is 406 g/mol. The van der Waals surface area contributed by atoms with Crippen LogP contribution in [-0.4, -0.2) is 11.2 Å². The number of aromatic nitrogens is 1. The molecule has 0 radical (unpaired) electrons. The molecular formula is C30H31NO2. The Balaban J connectivity index is 1.53. The van der Waals surface area contributed by atoms with E-state index in [1.165, 1.54) is 16.7 Å². The van der Waals surface area contributed by atoms with E-state index < -0.39 is 0 Å². The van der Waals surface area contributed by atoms with Crippen LogP contribution in [0, 0.1) is 0 Å². The third-order valence-corrected chi connectivity index (χ3v) is 5.84.